The average Bonchev–Trinajstić information content (AvgIpc) is 3.51. The van der Waals surface area contributed by atoms with Crippen molar-refractivity contribution in [3.05, 3.63) is 71.8 Å². The first-order chi connectivity index (χ1) is 20.5. The number of benzene rings is 1. The molecule has 3 aromatic heterocycles. The highest BCUT2D eigenvalue weighted by Crippen LogP contribution is 2.36. The Morgan fingerprint density at radius 2 is 1.66 bits per heavy atom. The summed E-state index contributed by atoms with van der Waals surface area (Å²) in [4.78, 5) is 22.9. The highest BCUT2D eigenvalue weighted by Gasteiger charge is 2.50. The largest absolute Gasteiger partial charge is 0.451 e. The van der Waals surface area contributed by atoms with Crippen LogP contribution in [0.3, 0.4) is 0 Å². The molecule has 3 atom stereocenters. The normalized spacial score (nSPS) is 19.9. The van der Waals surface area contributed by atoms with Gasteiger partial charge in [-0.3, -0.25) is 9.78 Å². The molecule has 44 heavy (non-hydrogen) atoms. The van der Waals surface area contributed by atoms with Gasteiger partial charge in [0.15, 0.2) is 0 Å². The van der Waals surface area contributed by atoms with Crippen molar-refractivity contribution in [3.8, 4) is 11.1 Å². The van der Waals surface area contributed by atoms with Crippen LogP contribution < -0.4 is 5.32 Å². The van der Waals surface area contributed by atoms with Crippen LogP contribution in [0, 0.1) is 5.82 Å². The molecule has 1 saturated heterocycles. The molecule has 18 heteroatoms. The Morgan fingerprint density at radius 3 is 2.30 bits per heavy atom. The molecule has 4 heterocycles. The summed E-state index contributed by atoms with van der Waals surface area (Å²) in [6.07, 6.45) is -10.1. The predicted molar refractivity (Wildman–Crippen MR) is 135 cm³/mol. The van der Waals surface area contributed by atoms with E-state index in [2.05, 4.69) is 20.3 Å². The maximum atomic E-state index is 14.8. The standard InChI is InChI=1S/C26H19F8N5O4S/c1-12-18(28)7-19(39(12)44(41,42)21-6-13-5-17(27)2-3-20(13)43-21)23(40)36-9-15-4-14(8-35-22(15)25(29,30)31)16-10-37-24(38-11-16)26(32,33)34/h2-6,8,10-12,18-19H,7,9H2,1H3,(H,36,40)/t12-,18+,19-/m0/s1. The van der Waals surface area contributed by atoms with Gasteiger partial charge in [0, 0.05) is 59.7 Å². The number of hydrogen-bond acceptors (Lipinski definition) is 7. The second-order valence-corrected chi connectivity index (χ2v) is 11.6. The zero-order valence-electron chi connectivity index (χ0n) is 22.1. The summed E-state index contributed by atoms with van der Waals surface area (Å²) < 4.78 is 141. The lowest BCUT2D eigenvalue weighted by molar-refractivity contribution is -0.145. The van der Waals surface area contributed by atoms with E-state index in [9.17, 15) is 48.3 Å². The van der Waals surface area contributed by atoms with E-state index in [4.69, 9.17) is 4.42 Å². The molecule has 0 aliphatic carbocycles. The fraction of sp³-hybridized carbons (Fsp3) is 0.308. The lowest BCUT2D eigenvalue weighted by Crippen LogP contribution is -2.48. The molecule has 4 aromatic rings. The van der Waals surface area contributed by atoms with Crippen molar-refractivity contribution in [1.29, 1.82) is 0 Å². The lowest BCUT2D eigenvalue weighted by Gasteiger charge is -2.25. The number of pyridine rings is 1. The SMILES string of the molecule is C[C@H]1[C@H](F)C[C@@H](C(=O)NCc2cc(-c3cnc(C(F)(F)F)nc3)cnc2C(F)(F)F)N1S(=O)(=O)c1cc2cc(F)ccc2o1. The summed E-state index contributed by atoms with van der Waals surface area (Å²) in [6, 6.07) is 2.02. The summed E-state index contributed by atoms with van der Waals surface area (Å²) >= 11 is 0. The first-order valence-electron chi connectivity index (χ1n) is 12.6. The first-order valence-corrected chi connectivity index (χ1v) is 14.0. The molecule has 0 bridgehead atoms. The molecule has 1 aliphatic heterocycles. The van der Waals surface area contributed by atoms with Crippen LogP contribution in [0.1, 0.15) is 30.4 Å². The third-order valence-corrected chi connectivity index (χ3v) is 8.75. The van der Waals surface area contributed by atoms with Gasteiger partial charge in [-0.1, -0.05) is 0 Å². The van der Waals surface area contributed by atoms with E-state index in [0.717, 1.165) is 42.9 Å². The van der Waals surface area contributed by atoms with Crippen LogP contribution in [0.5, 0.6) is 0 Å². The molecule has 0 unspecified atom stereocenters. The van der Waals surface area contributed by atoms with Gasteiger partial charge < -0.3 is 9.73 Å². The Morgan fingerprint density at radius 1 is 1.00 bits per heavy atom. The van der Waals surface area contributed by atoms with E-state index in [1.165, 1.54) is 13.0 Å². The van der Waals surface area contributed by atoms with E-state index in [0.29, 0.717) is 4.31 Å². The Labute approximate surface area is 243 Å². The molecule has 1 N–H and O–H groups in total. The Kier molecular flexibility index (Phi) is 7.86. The topological polar surface area (TPSA) is 118 Å². The van der Waals surface area contributed by atoms with Crippen molar-refractivity contribution < 1.29 is 52.8 Å². The Balaban J connectivity index is 1.42. The van der Waals surface area contributed by atoms with Gasteiger partial charge in [-0.15, -0.1) is 0 Å². The average molecular weight is 650 g/mol. The monoisotopic (exact) mass is 649 g/mol. The third kappa shape index (κ3) is 5.95. The number of furan rings is 1. The quantitative estimate of drug-likeness (QED) is 0.283. The number of nitrogens with zero attached hydrogens (tertiary/aromatic N) is 4. The number of nitrogens with one attached hydrogen (secondary N) is 1. The van der Waals surface area contributed by atoms with Crippen LogP contribution >= 0.6 is 0 Å². The number of carbonyl (C=O) groups excluding carboxylic acids is 1. The molecule has 1 aromatic carbocycles. The number of sulfonamides is 1. The van der Waals surface area contributed by atoms with E-state index in [1.807, 2.05) is 0 Å². The van der Waals surface area contributed by atoms with Crippen LogP contribution in [-0.4, -0.2) is 51.8 Å². The number of amides is 1. The third-order valence-electron chi connectivity index (χ3n) is 6.90. The number of hydrogen-bond donors (Lipinski definition) is 1. The lowest BCUT2D eigenvalue weighted by atomic mass is 10.1. The number of carbonyl (C=O) groups is 1. The molecular formula is C26H19F8N5O4S. The molecule has 1 fully saturated rings. The molecular weight excluding hydrogens is 630 g/mol. The van der Waals surface area contributed by atoms with E-state index < -0.39 is 87.5 Å². The van der Waals surface area contributed by atoms with Crippen molar-refractivity contribution in [2.24, 2.45) is 0 Å². The van der Waals surface area contributed by atoms with Crippen LogP contribution in [0.25, 0.3) is 22.1 Å². The fourth-order valence-corrected chi connectivity index (χ4v) is 6.53. The second-order valence-electron chi connectivity index (χ2n) is 9.83. The first kappa shape index (κ1) is 31.2. The number of rotatable bonds is 6. The van der Waals surface area contributed by atoms with Crippen LogP contribution in [0.4, 0.5) is 35.1 Å². The highest BCUT2D eigenvalue weighted by molar-refractivity contribution is 7.89. The van der Waals surface area contributed by atoms with Crippen LogP contribution in [0.15, 0.2) is 58.4 Å². The molecule has 0 spiro atoms. The predicted octanol–water partition coefficient (Wildman–Crippen LogP) is 5.27. The minimum Gasteiger partial charge on any atom is -0.443 e. The maximum Gasteiger partial charge on any atom is 0.451 e. The Hall–Kier alpha value is -4.19. The molecule has 0 radical (unpaired) electrons. The molecule has 0 saturated carbocycles. The molecule has 1 amide bonds. The van der Waals surface area contributed by atoms with Gasteiger partial charge >= 0.3 is 12.4 Å². The van der Waals surface area contributed by atoms with Crippen molar-refractivity contribution in [1.82, 2.24) is 24.6 Å². The van der Waals surface area contributed by atoms with Crippen molar-refractivity contribution >= 4 is 26.9 Å². The van der Waals surface area contributed by atoms with Crippen LogP contribution in [0.2, 0.25) is 0 Å². The zero-order chi connectivity index (χ0) is 32.2. The van der Waals surface area contributed by atoms with Gasteiger partial charge in [-0.05, 0) is 31.2 Å². The van der Waals surface area contributed by atoms with Gasteiger partial charge in [0.05, 0.1) is 6.04 Å². The summed E-state index contributed by atoms with van der Waals surface area (Å²) in [5, 5.41) is 1.56. The van der Waals surface area contributed by atoms with Gasteiger partial charge in [0.25, 0.3) is 10.0 Å². The van der Waals surface area contributed by atoms with Crippen molar-refractivity contribution in [2.45, 2.75) is 55.6 Å². The zero-order valence-corrected chi connectivity index (χ0v) is 22.9. The molecule has 1 aliphatic rings. The van der Waals surface area contributed by atoms with Crippen molar-refractivity contribution in [3.63, 3.8) is 0 Å². The van der Waals surface area contributed by atoms with Gasteiger partial charge in [0.2, 0.25) is 16.8 Å². The molecule has 9 nitrogen and oxygen atoms in total. The fourth-order valence-electron chi connectivity index (χ4n) is 4.77. The van der Waals surface area contributed by atoms with Gasteiger partial charge in [0.1, 0.15) is 29.3 Å². The summed E-state index contributed by atoms with van der Waals surface area (Å²) in [5.74, 6) is -3.29. The molecule has 234 valence electrons. The number of fused-ring (bicyclic) bond motifs is 1. The van der Waals surface area contributed by atoms with Crippen molar-refractivity contribution in [2.75, 3.05) is 0 Å². The van der Waals surface area contributed by atoms with Gasteiger partial charge in [-0.25, -0.2) is 27.2 Å². The maximum absolute atomic E-state index is 14.8. The van der Waals surface area contributed by atoms with E-state index in [1.54, 1.807) is 0 Å². The summed E-state index contributed by atoms with van der Waals surface area (Å²) in [5.41, 5.74) is -2.28. The summed E-state index contributed by atoms with van der Waals surface area (Å²) in [7, 11) is -4.70. The minimum atomic E-state index is -5.02. The van der Waals surface area contributed by atoms with Gasteiger partial charge in [-0.2, -0.15) is 30.6 Å². The van der Waals surface area contributed by atoms with Crippen LogP contribution in [-0.2, 0) is 33.7 Å². The smallest absolute Gasteiger partial charge is 0.443 e. The number of halogens is 8. The minimum absolute atomic E-state index is 0.000123. The number of aromatic nitrogens is 3. The second kappa shape index (κ2) is 11.1. The van der Waals surface area contributed by atoms with E-state index >= 15 is 0 Å². The van der Waals surface area contributed by atoms with E-state index in [-0.39, 0.29) is 22.1 Å². The molecule has 5 rings (SSSR count). The Bertz CT molecular complexity index is 1830. The highest BCUT2D eigenvalue weighted by atomic mass is 32.2. The summed E-state index contributed by atoms with van der Waals surface area (Å²) in [6.45, 7) is 0.328. The number of alkyl halides is 7.